The number of hydrogen-bond donors (Lipinski definition) is 0. The molecule has 12 heteroatoms. The van der Waals surface area contributed by atoms with Crippen molar-refractivity contribution in [3.05, 3.63) is 70.0 Å². The number of urea groups is 1. The summed E-state index contributed by atoms with van der Waals surface area (Å²) in [5, 5.41) is 0. The Morgan fingerprint density at radius 1 is 1.03 bits per heavy atom. The molecule has 1 heterocycles. The highest BCUT2D eigenvalue weighted by molar-refractivity contribution is 5.75. The van der Waals surface area contributed by atoms with Crippen LogP contribution in [0.5, 0.6) is 0 Å². The van der Waals surface area contributed by atoms with Crippen LogP contribution >= 0.6 is 0 Å². The smallest absolute Gasteiger partial charge is 0.416 e. The van der Waals surface area contributed by atoms with Crippen molar-refractivity contribution in [3.63, 3.8) is 0 Å². The molecule has 0 N–H and O–H groups in total. The van der Waals surface area contributed by atoms with E-state index in [1.807, 2.05) is 0 Å². The lowest BCUT2D eigenvalue weighted by atomic mass is 9.84. The molecule has 2 atom stereocenters. The molecule has 1 fully saturated rings. The van der Waals surface area contributed by atoms with Gasteiger partial charge in [-0.15, -0.1) is 0 Å². The van der Waals surface area contributed by atoms with Crippen LogP contribution in [0, 0.1) is 18.7 Å². The Morgan fingerprint density at radius 3 is 2.18 bits per heavy atom. The van der Waals surface area contributed by atoms with Gasteiger partial charge in [0.15, 0.2) is 0 Å². The molecule has 2 aromatic rings. The number of benzene rings is 2. The first-order chi connectivity index (χ1) is 18.1. The van der Waals surface area contributed by atoms with E-state index in [-0.39, 0.29) is 43.1 Å². The molecule has 1 aliphatic rings. The normalized spacial score (nSPS) is 18.2. The Bertz CT molecular complexity index is 1160. The van der Waals surface area contributed by atoms with Crippen molar-refractivity contribution >= 4 is 12.0 Å². The Balaban J connectivity index is 1.89. The molecule has 2 amide bonds. The fourth-order valence-corrected chi connectivity index (χ4v) is 4.89. The average molecular weight is 563 g/mol. The number of piperidine rings is 1. The highest BCUT2D eigenvalue weighted by Crippen LogP contribution is 2.39. The molecule has 0 spiro atoms. The minimum atomic E-state index is -5.01. The van der Waals surface area contributed by atoms with Gasteiger partial charge in [0.2, 0.25) is 0 Å². The lowest BCUT2D eigenvalue weighted by Gasteiger charge is -2.42. The molecule has 3 rings (SSSR count). The number of esters is 1. The third kappa shape index (κ3) is 7.63. The molecular weight excluding hydrogens is 533 g/mol. The molecule has 0 unspecified atom stereocenters. The van der Waals surface area contributed by atoms with E-state index < -0.39 is 47.9 Å². The van der Waals surface area contributed by atoms with E-state index in [1.54, 1.807) is 13.8 Å². The average Bonchev–Trinajstić information content (AvgIpc) is 2.82. The summed E-state index contributed by atoms with van der Waals surface area (Å²) in [5.41, 5.74) is -2.07. The van der Waals surface area contributed by atoms with Gasteiger partial charge in [-0.25, -0.2) is 9.18 Å². The summed E-state index contributed by atoms with van der Waals surface area (Å²) in [7, 11) is 1.29. The predicted octanol–water partition coefficient (Wildman–Crippen LogP) is 7.13. The third-order valence-electron chi connectivity index (χ3n) is 6.70. The molecule has 1 aliphatic heterocycles. The molecule has 0 aromatic heterocycles. The fraction of sp³-hybridized carbons (Fsp3) is 0.481. The van der Waals surface area contributed by atoms with Crippen LogP contribution in [-0.4, -0.2) is 42.0 Å². The number of halogens is 7. The Labute approximate surface area is 221 Å². The zero-order valence-electron chi connectivity index (χ0n) is 21.6. The number of amides is 2. The summed E-state index contributed by atoms with van der Waals surface area (Å²) in [5.74, 6) is -1.01. The van der Waals surface area contributed by atoms with E-state index in [2.05, 4.69) is 0 Å². The van der Waals surface area contributed by atoms with Gasteiger partial charge >= 0.3 is 24.4 Å². The third-order valence-corrected chi connectivity index (χ3v) is 6.70. The summed E-state index contributed by atoms with van der Waals surface area (Å²) in [6.07, 6.45) is -9.13. The number of hydrogen-bond acceptors (Lipinski definition) is 3. The van der Waals surface area contributed by atoms with Gasteiger partial charge in [0, 0.05) is 26.6 Å². The van der Waals surface area contributed by atoms with Crippen molar-refractivity contribution in [2.45, 2.75) is 58.0 Å². The Hall–Kier alpha value is -3.31. The van der Waals surface area contributed by atoms with Crippen LogP contribution in [0.2, 0.25) is 0 Å². The summed E-state index contributed by atoms with van der Waals surface area (Å²) in [6.45, 7) is 3.23. The molecule has 2 aromatic carbocycles. The monoisotopic (exact) mass is 562 g/mol. The van der Waals surface area contributed by atoms with Gasteiger partial charge in [0.25, 0.3) is 0 Å². The number of ether oxygens (including phenoxy) is 1. The number of carbonyl (C=O) groups excluding carboxylic acids is 2. The van der Waals surface area contributed by atoms with Crippen molar-refractivity contribution in [1.82, 2.24) is 9.80 Å². The van der Waals surface area contributed by atoms with Gasteiger partial charge in [0.1, 0.15) is 5.82 Å². The Morgan fingerprint density at radius 2 is 1.64 bits per heavy atom. The second-order valence-corrected chi connectivity index (χ2v) is 9.66. The quantitative estimate of drug-likeness (QED) is 0.278. The molecule has 1 saturated heterocycles. The van der Waals surface area contributed by atoms with Gasteiger partial charge in [-0.05, 0) is 79.6 Å². The van der Waals surface area contributed by atoms with Crippen molar-refractivity contribution in [1.29, 1.82) is 0 Å². The van der Waals surface area contributed by atoms with Crippen molar-refractivity contribution in [2.24, 2.45) is 5.92 Å². The van der Waals surface area contributed by atoms with Crippen LogP contribution in [-0.2, 0) is 28.4 Å². The molecule has 39 heavy (non-hydrogen) atoms. The van der Waals surface area contributed by atoms with Gasteiger partial charge in [-0.3, -0.25) is 4.79 Å². The molecule has 0 saturated carbocycles. The lowest BCUT2D eigenvalue weighted by Crippen LogP contribution is -2.47. The lowest BCUT2D eigenvalue weighted by molar-refractivity contribution is -0.145. The van der Waals surface area contributed by atoms with E-state index >= 15 is 0 Å². The SMILES string of the molecule is CCOC(=O)C[C@H]1CCN(C(=O)N(C)Cc2cc(C(F)(F)F)cc(C(F)(F)F)c2)[C@@H](c2ccc(F)cc2C)C1. The van der Waals surface area contributed by atoms with E-state index in [9.17, 15) is 40.3 Å². The highest BCUT2D eigenvalue weighted by Gasteiger charge is 2.38. The van der Waals surface area contributed by atoms with Crippen LogP contribution in [0.15, 0.2) is 36.4 Å². The minimum absolute atomic E-state index is 0.0347. The maximum atomic E-state index is 13.8. The number of nitrogens with zero attached hydrogens (tertiary/aromatic N) is 2. The first kappa shape index (κ1) is 30.2. The van der Waals surface area contributed by atoms with Crippen LogP contribution in [0.25, 0.3) is 0 Å². The zero-order valence-corrected chi connectivity index (χ0v) is 21.6. The van der Waals surface area contributed by atoms with Crippen molar-refractivity contribution in [2.75, 3.05) is 20.2 Å². The van der Waals surface area contributed by atoms with E-state index in [1.165, 1.54) is 30.1 Å². The minimum Gasteiger partial charge on any atom is -0.466 e. The first-order valence-corrected chi connectivity index (χ1v) is 12.3. The van der Waals surface area contributed by atoms with Crippen molar-refractivity contribution in [3.8, 4) is 0 Å². The topological polar surface area (TPSA) is 49.9 Å². The highest BCUT2D eigenvalue weighted by atomic mass is 19.4. The second kappa shape index (κ2) is 11.8. The van der Waals surface area contributed by atoms with Crippen molar-refractivity contribution < 1.29 is 45.1 Å². The van der Waals surface area contributed by atoms with Crippen LogP contribution in [0.1, 0.15) is 60.0 Å². The van der Waals surface area contributed by atoms with Crippen LogP contribution < -0.4 is 0 Å². The maximum absolute atomic E-state index is 13.8. The van der Waals surface area contributed by atoms with E-state index in [0.29, 0.717) is 36.1 Å². The zero-order chi connectivity index (χ0) is 29.1. The fourth-order valence-electron chi connectivity index (χ4n) is 4.89. The van der Waals surface area contributed by atoms with Gasteiger partial charge in [0.05, 0.1) is 23.8 Å². The molecule has 5 nitrogen and oxygen atoms in total. The number of carbonyl (C=O) groups is 2. The standard InChI is InChI=1S/C27H29F7N2O3/c1-4-39-24(37)13-17-7-8-36(23(12-17)22-6-5-21(28)9-16(22)2)25(38)35(3)15-18-10-19(26(29,30)31)14-20(11-18)27(32,33)34/h5-6,9-11,14,17,23H,4,7-8,12-13,15H2,1-3H3/t17-,23+/m0/s1. The van der Waals surface area contributed by atoms with Gasteiger partial charge in [-0.1, -0.05) is 6.07 Å². The predicted molar refractivity (Wildman–Crippen MR) is 128 cm³/mol. The van der Waals surface area contributed by atoms with Gasteiger partial charge in [-0.2, -0.15) is 26.3 Å². The molecule has 0 bridgehead atoms. The maximum Gasteiger partial charge on any atom is 0.416 e. The number of aryl methyl sites for hydroxylation is 1. The first-order valence-electron chi connectivity index (χ1n) is 12.3. The Kier molecular flexibility index (Phi) is 9.17. The van der Waals surface area contributed by atoms with E-state index in [4.69, 9.17) is 4.74 Å². The molecule has 214 valence electrons. The number of rotatable bonds is 6. The van der Waals surface area contributed by atoms with Gasteiger partial charge < -0.3 is 14.5 Å². The molecule has 0 aliphatic carbocycles. The number of alkyl halides is 6. The number of likely N-dealkylation sites (tertiary alicyclic amines) is 1. The summed E-state index contributed by atoms with van der Waals surface area (Å²) in [6, 6.07) is 4.07. The summed E-state index contributed by atoms with van der Waals surface area (Å²) < 4.78 is 98.6. The van der Waals surface area contributed by atoms with Crippen LogP contribution in [0.4, 0.5) is 35.5 Å². The van der Waals surface area contributed by atoms with E-state index in [0.717, 1.165) is 4.90 Å². The largest absolute Gasteiger partial charge is 0.466 e. The second-order valence-electron chi connectivity index (χ2n) is 9.66. The summed E-state index contributed by atoms with van der Waals surface area (Å²) >= 11 is 0. The molecule has 0 radical (unpaired) electrons. The van der Waals surface area contributed by atoms with Crippen LogP contribution in [0.3, 0.4) is 0 Å². The summed E-state index contributed by atoms with van der Waals surface area (Å²) in [4.78, 5) is 28.1. The molecular formula is C27H29F7N2O3.